The van der Waals surface area contributed by atoms with Gasteiger partial charge in [0.1, 0.15) is 17.7 Å². The molecule has 0 unspecified atom stereocenters. The summed E-state index contributed by atoms with van der Waals surface area (Å²) in [4.78, 5) is 0. The Morgan fingerprint density at radius 1 is 0.833 bits per heavy atom. The zero-order valence-corrected chi connectivity index (χ0v) is 9.14. The van der Waals surface area contributed by atoms with Crippen LogP contribution in [0.1, 0.15) is 17.2 Å². The number of fused-ring (bicyclic) bond motifs is 2. The number of benzene rings is 2. The van der Waals surface area contributed by atoms with E-state index in [9.17, 15) is 13.9 Å². The highest BCUT2D eigenvalue weighted by Gasteiger charge is 2.21. The van der Waals surface area contributed by atoms with Crippen LogP contribution in [0.3, 0.4) is 0 Å². The summed E-state index contributed by atoms with van der Waals surface area (Å²) in [6.45, 7) is 0. The average Bonchev–Trinajstić information content (AvgIpc) is 2.47. The van der Waals surface area contributed by atoms with Crippen LogP contribution in [0.5, 0.6) is 0 Å². The van der Waals surface area contributed by atoms with E-state index in [1.807, 2.05) is 0 Å². The molecule has 0 saturated heterocycles. The van der Waals surface area contributed by atoms with Gasteiger partial charge in [-0.2, -0.15) is 10.2 Å². The molecule has 1 aliphatic rings. The van der Waals surface area contributed by atoms with Gasteiger partial charge in [-0.25, -0.2) is 8.78 Å². The smallest absolute Gasteiger partial charge is 0.125 e. The topological polar surface area (TPSA) is 45.0 Å². The number of nitrogens with zero attached hydrogens (tertiary/aromatic N) is 2. The Kier molecular flexibility index (Phi) is 2.41. The third-order valence-electron chi connectivity index (χ3n) is 2.84. The van der Waals surface area contributed by atoms with Gasteiger partial charge in [-0.1, -0.05) is 12.1 Å². The Balaban J connectivity index is 2.23. The lowest BCUT2D eigenvalue weighted by molar-refractivity contribution is 0.222. The first-order valence-electron chi connectivity index (χ1n) is 5.34. The number of hydrogen-bond acceptors (Lipinski definition) is 3. The third-order valence-corrected chi connectivity index (χ3v) is 2.84. The van der Waals surface area contributed by atoms with Gasteiger partial charge in [0.2, 0.25) is 0 Å². The van der Waals surface area contributed by atoms with Gasteiger partial charge in [0.05, 0.1) is 11.4 Å². The number of rotatable bonds is 0. The number of hydrogen-bond donors (Lipinski definition) is 1. The fraction of sp³-hybridized carbons (Fsp3) is 0.0769. The minimum Gasteiger partial charge on any atom is -0.383 e. The van der Waals surface area contributed by atoms with E-state index in [1.165, 1.54) is 36.4 Å². The number of aliphatic hydroxyl groups excluding tert-OH is 1. The van der Waals surface area contributed by atoms with E-state index in [-0.39, 0.29) is 11.4 Å². The molecule has 18 heavy (non-hydrogen) atoms. The van der Waals surface area contributed by atoms with Crippen LogP contribution in [0, 0.1) is 11.6 Å². The zero-order chi connectivity index (χ0) is 12.7. The maximum absolute atomic E-state index is 13.1. The van der Waals surface area contributed by atoms with Crippen molar-refractivity contribution in [3.63, 3.8) is 0 Å². The van der Waals surface area contributed by atoms with Crippen LogP contribution in [0.25, 0.3) is 0 Å². The molecule has 2 aromatic rings. The molecule has 0 spiro atoms. The van der Waals surface area contributed by atoms with Crippen LogP contribution in [0.4, 0.5) is 20.2 Å². The summed E-state index contributed by atoms with van der Waals surface area (Å²) < 4.78 is 26.2. The molecule has 0 aromatic heterocycles. The lowest BCUT2D eigenvalue weighted by atomic mass is 9.99. The molecular formula is C13H8F2N2O. The van der Waals surface area contributed by atoms with Gasteiger partial charge >= 0.3 is 0 Å². The van der Waals surface area contributed by atoms with Crippen LogP contribution in [-0.4, -0.2) is 5.11 Å². The fourth-order valence-corrected chi connectivity index (χ4v) is 1.94. The van der Waals surface area contributed by atoms with Crippen LogP contribution in [0.2, 0.25) is 0 Å². The van der Waals surface area contributed by atoms with Crippen molar-refractivity contribution in [1.82, 2.24) is 0 Å². The Bertz CT molecular complexity index is 600. The van der Waals surface area contributed by atoms with E-state index in [2.05, 4.69) is 10.2 Å². The van der Waals surface area contributed by atoms with Gasteiger partial charge in [-0.3, -0.25) is 0 Å². The molecule has 0 amide bonds. The summed E-state index contributed by atoms with van der Waals surface area (Å²) in [5.41, 5.74) is 1.40. The molecule has 0 atom stereocenters. The molecule has 0 fully saturated rings. The average molecular weight is 246 g/mol. The molecule has 1 N–H and O–H groups in total. The Labute approximate surface area is 101 Å². The van der Waals surface area contributed by atoms with Gasteiger partial charge in [0.25, 0.3) is 0 Å². The van der Waals surface area contributed by atoms with E-state index in [4.69, 9.17) is 0 Å². The molecule has 2 aromatic carbocycles. The quantitative estimate of drug-likeness (QED) is 0.755. The van der Waals surface area contributed by atoms with Crippen molar-refractivity contribution in [1.29, 1.82) is 0 Å². The fourth-order valence-electron chi connectivity index (χ4n) is 1.94. The SMILES string of the molecule is OC1c2ccc(F)cc2N=Nc2cc(F)ccc21. The van der Waals surface area contributed by atoms with Crippen molar-refractivity contribution in [2.75, 3.05) is 0 Å². The van der Waals surface area contributed by atoms with Crippen LogP contribution < -0.4 is 0 Å². The van der Waals surface area contributed by atoms with Crippen molar-refractivity contribution < 1.29 is 13.9 Å². The van der Waals surface area contributed by atoms with Gasteiger partial charge < -0.3 is 5.11 Å². The maximum Gasteiger partial charge on any atom is 0.125 e. The van der Waals surface area contributed by atoms with Crippen LogP contribution in [0.15, 0.2) is 46.6 Å². The molecule has 0 bridgehead atoms. The predicted octanol–water partition coefficient (Wildman–Crippen LogP) is 3.78. The van der Waals surface area contributed by atoms with Crippen molar-refractivity contribution in [2.45, 2.75) is 6.10 Å². The van der Waals surface area contributed by atoms with Crippen molar-refractivity contribution in [3.05, 3.63) is 59.2 Å². The summed E-state index contributed by atoms with van der Waals surface area (Å²) in [5.74, 6) is -0.922. The molecule has 5 heteroatoms. The van der Waals surface area contributed by atoms with Crippen molar-refractivity contribution >= 4 is 11.4 Å². The summed E-state index contributed by atoms with van der Waals surface area (Å²) >= 11 is 0. The Hall–Kier alpha value is -2.14. The Morgan fingerprint density at radius 3 is 1.72 bits per heavy atom. The highest BCUT2D eigenvalue weighted by molar-refractivity contribution is 5.58. The lowest BCUT2D eigenvalue weighted by Gasteiger charge is -2.12. The Morgan fingerprint density at radius 2 is 1.28 bits per heavy atom. The zero-order valence-electron chi connectivity index (χ0n) is 9.14. The first kappa shape index (κ1) is 11.0. The highest BCUT2D eigenvalue weighted by Crippen LogP contribution is 2.39. The molecule has 1 aliphatic heterocycles. The minimum absolute atomic E-state index is 0.249. The van der Waals surface area contributed by atoms with E-state index in [0.29, 0.717) is 11.1 Å². The number of aliphatic hydroxyl groups is 1. The first-order valence-corrected chi connectivity index (χ1v) is 5.34. The van der Waals surface area contributed by atoms with Crippen LogP contribution in [-0.2, 0) is 0 Å². The van der Waals surface area contributed by atoms with Crippen molar-refractivity contribution in [3.8, 4) is 0 Å². The second kappa shape index (κ2) is 3.96. The summed E-state index contributed by atoms with van der Waals surface area (Å²) in [6.07, 6.45) is -0.994. The molecule has 0 aliphatic carbocycles. The molecule has 0 saturated carbocycles. The highest BCUT2D eigenvalue weighted by atomic mass is 19.1. The first-order chi connectivity index (χ1) is 8.65. The van der Waals surface area contributed by atoms with Gasteiger partial charge in [0, 0.05) is 23.3 Å². The lowest BCUT2D eigenvalue weighted by Crippen LogP contribution is -1.99. The molecule has 3 rings (SSSR count). The largest absolute Gasteiger partial charge is 0.383 e. The standard InChI is InChI=1S/C13H8F2N2O/c14-7-1-3-9-11(5-7)16-17-12-6-8(15)2-4-10(12)13(9)18/h1-6,13,18H. The molecule has 3 nitrogen and oxygen atoms in total. The third kappa shape index (κ3) is 1.69. The van der Waals surface area contributed by atoms with Gasteiger partial charge in [-0.05, 0) is 12.1 Å². The predicted molar refractivity (Wildman–Crippen MR) is 61.0 cm³/mol. The maximum atomic E-state index is 13.1. The normalized spacial score (nSPS) is 13.9. The van der Waals surface area contributed by atoms with Crippen molar-refractivity contribution in [2.24, 2.45) is 10.2 Å². The number of azo groups is 1. The number of halogens is 2. The van der Waals surface area contributed by atoms with Crippen LogP contribution >= 0.6 is 0 Å². The summed E-state index contributed by atoms with van der Waals surface area (Å²) in [7, 11) is 0. The second-order valence-electron chi connectivity index (χ2n) is 4.01. The summed E-state index contributed by atoms with van der Waals surface area (Å²) in [6, 6.07) is 7.76. The van der Waals surface area contributed by atoms with E-state index in [1.54, 1.807) is 0 Å². The monoisotopic (exact) mass is 246 g/mol. The van der Waals surface area contributed by atoms with E-state index >= 15 is 0 Å². The molecule has 90 valence electrons. The van der Waals surface area contributed by atoms with Gasteiger partial charge in [0.15, 0.2) is 0 Å². The van der Waals surface area contributed by atoms with E-state index in [0.717, 1.165) is 0 Å². The second-order valence-corrected chi connectivity index (χ2v) is 4.01. The van der Waals surface area contributed by atoms with Gasteiger partial charge in [-0.15, -0.1) is 0 Å². The summed E-state index contributed by atoms with van der Waals surface area (Å²) in [5, 5.41) is 17.9. The molecule has 1 heterocycles. The minimum atomic E-state index is -0.994. The molecular weight excluding hydrogens is 238 g/mol. The molecule has 0 radical (unpaired) electrons. The van der Waals surface area contributed by atoms with E-state index < -0.39 is 17.7 Å².